The molecule has 0 radical (unpaired) electrons. The average Bonchev–Trinajstić information content (AvgIpc) is 2.79. The number of halogens is 1. The molecule has 1 nitrogen and oxygen atoms in total. The lowest BCUT2D eigenvalue weighted by atomic mass is 9.47. The first kappa shape index (κ1) is 16.4. The molecule has 128 valence electrons. The number of rotatable bonds is 2. The van der Waals surface area contributed by atoms with Gasteiger partial charge in [-0.15, -0.1) is 0 Å². The Hall–Kier alpha value is -0.0800. The fourth-order valence-corrected chi connectivity index (χ4v) is 7.67. The van der Waals surface area contributed by atoms with Gasteiger partial charge in [-0.2, -0.15) is 0 Å². The minimum atomic E-state index is -0.439. The lowest BCUT2D eigenvalue weighted by molar-refractivity contribution is -0.122. The van der Waals surface area contributed by atoms with E-state index in [-0.39, 0.29) is 5.41 Å². The second kappa shape index (κ2) is 5.46. The topological polar surface area (TPSA) is 20.2 Å². The quantitative estimate of drug-likeness (QED) is 0.487. The molecule has 0 aromatic carbocycles. The molecule has 23 heavy (non-hydrogen) atoms. The van der Waals surface area contributed by atoms with E-state index < -0.39 is 5.60 Å². The van der Waals surface area contributed by atoms with Crippen molar-refractivity contribution in [2.75, 3.05) is 5.33 Å². The standard InChI is InChI=1S/C21H31BrO/c1-19-10-4-3-5-15(19)6-7-16-17(19)8-11-20(2)18(16)9-12-21(20,23)13-14-22/h4-5,10,16-18,23H,3,6-9,11-14H2,1-2H3/t16-,17+,18+,19+,20+,21+/m1/s1. The lowest BCUT2D eigenvalue weighted by Crippen LogP contribution is -2.54. The molecule has 6 atom stereocenters. The van der Waals surface area contributed by atoms with E-state index in [9.17, 15) is 5.11 Å². The monoisotopic (exact) mass is 378 g/mol. The molecule has 2 heteroatoms. The summed E-state index contributed by atoms with van der Waals surface area (Å²) in [5.41, 5.74) is 1.71. The van der Waals surface area contributed by atoms with Gasteiger partial charge in [-0.05, 0) is 74.5 Å². The van der Waals surface area contributed by atoms with Gasteiger partial charge >= 0.3 is 0 Å². The Kier molecular flexibility index (Phi) is 3.89. The molecular weight excluding hydrogens is 348 g/mol. The third-order valence-corrected chi connectivity index (χ3v) is 8.84. The maximum atomic E-state index is 11.4. The van der Waals surface area contributed by atoms with Crippen LogP contribution in [0.25, 0.3) is 0 Å². The molecule has 0 aromatic heterocycles. The fraction of sp³-hybridized carbons (Fsp3) is 0.810. The van der Waals surface area contributed by atoms with Gasteiger partial charge in [-0.1, -0.05) is 53.6 Å². The molecule has 0 aliphatic heterocycles. The van der Waals surface area contributed by atoms with E-state index in [1.807, 2.05) is 0 Å². The van der Waals surface area contributed by atoms with Crippen molar-refractivity contribution in [3.63, 3.8) is 0 Å². The minimum absolute atomic E-state index is 0.137. The number of fused-ring (bicyclic) bond motifs is 5. The number of hydrogen-bond donors (Lipinski definition) is 1. The molecule has 1 N–H and O–H groups in total. The van der Waals surface area contributed by atoms with E-state index in [1.165, 1.54) is 32.1 Å². The Bertz CT molecular complexity index is 552. The largest absolute Gasteiger partial charge is 0.389 e. The van der Waals surface area contributed by atoms with Crippen molar-refractivity contribution in [1.82, 2.24) is 0 Å². The van der Waals surface area contributed by atoms with Gasteiger partial charge in [0.05, 0.1) is 5.60 Å². The molecule has 0 amide bonds. The Balaban J connectivity index is 1.67. The van der Waals surface area contributed by atoms with Crippen LogP contribution in [0, 0.1) is 28.6 Å². The van der Waals surface area contributed by atoms with Gasteiger partial charge in [-0.3, -0.25) is 0 Å². The second-order valence-corrected chi connectivity index (χ2v) is 9.82. The van der Waals surface area contributed by atoms with E-state index in [2.05, 4.69) is 48.0 Å². The Morgan fingerprint density at radius 1 is 1.17 bits per heavy atom. The summed E-state index contributed by atoms with van der Waals surface area (Å²) in [5, 5.41) is 12.3. The van der Waals surface area contributed by atoms with Crippen LogP contribution in [-0.4, -0.2) is 16.0 Å². The third kappa shape index (κ3) is 2.13. The van der Waals surface area contributed by atoms with Crippen molar-refractivity contribution < 1.29 is 5.11 Å². The zero-order valence-electron chi connectivity index (χ0n) is 14.7. The predicted octanol–water partition coefficient (Wildman–Crippen LogP) is 5.63. The summed E-state index contributed by atoms with van der Waals surface area (Å²) in [5.74, 6) is 2.32. The molecule has 4 rings (SSSR count). The highest BCUT2D eigenvalue weighted by Gasteiger charge is 2.63. The first-order valence-corrected chi connectivity index (χ1v) is 10.7. The Morgan fingerprint density at radius 3 is 2.74 bits per heavy atom. The highest BCUT2D eigenvalue weighted by atomic mass is 79.9. The molecule has 3 saturated carbocycles. The number of aliphatic hydroxyl groups is 1. The van der Waals surface area contributed by atoms with Crippen molar-refractivity contribution in [3.8, 4) is 0 Å². The zero-order chi connectivity index (χ0) is 16.3. The summed E-state index contributed by atoms with van der Waals surface area (Å²) in [7, 11) is 0. The zero-order valence-corrected chi connectivity index (χ0v) is 16.2. The van der Waals surface area contributed by atoms with Gasteiger partial charge in [0, 0.05) is 10.7 Å². The average molecular weight is 379 g/mol. The van der Waals surface area contributed by atoms with Crippen LogP contribution < -0.4 is 0 Å². The summed E-state index contributed by atoms with van der Waals surface area (Å²) < 4.78 is 0. The SMILES string of the molecule is C[C@]12C=CCC=C1CC[C@@H]1[C@@H]2CC[C@@]2(C)[C@H]1CC[C@]2(O)CCBr. The number of hydrogen-bond acceptors (Lipinski definition) is 1. The Morgan fingerprint density at radius 2 is 1.96 bits per heavy atom. The van der Waals surface area contributed by atoms with Gasteiger partial charge < -0.3 is 5.11 Å². The summed E-state index contributed by atoms with van der Waals surface area (Å²) in [4.78, 5) is 0. The first-order chi connectivity index (χ1) is 10.9. The van der Waals surface area contributed by atoms with E-state index in [4.69, 9.17) is 0 Å². The van der Waals surface area contributed by atoms with Crippen LogP contribution in [0.2, 0.25) is 0 Å². The van der Waals surface area contributed by atoms with E-state index >= 15 is 0 Å². The molecular formula is C21H31BrO. The van der Waals surface area contributed by atoms with E-state index in [0.717, 1.165) is 42.3 Å². The minimum Gasteiger partial charge on any atom is -0.389 e. The lowest BCUT2D eigenvalue weighted by Gasteiger charge is -2.58. The van der Waals surface area contributed by atoms with Crippen LogP contribution in [0.3, 0.4) is 0 Å². The van der Waals surface area contributed by atoms with E-state index in [0.29, 0.717) is 5.41 Å². The molecule has 0 bridgehead atoms. The molecule has 0 unspecified atom stereocenters. The van der Waals surface area contributed by atoms with Crippen LogP contribution in [0.1, 0.15) is 65.2 Å². The third-order valence-electron chi connectivity index (χ3n) is 8.44. The summed E-state index contributed by atoms with van der Waals surface area (Å²) in [6, 6.07) is 0. The van der Waals surface area contributed by atoms with Gasteiger partial charge in [-0.25, -0.2) is 0 Å². The van der Waals surface area contributed by atoms with Crippen molar-refractivity contribution in [1.29, 1.82) is 0 Å². The fourth-order valence-electron chi connectivity index (χ4n) is 7.02. The highest BCUT2D eigenvalue weighted by molar-refractivity contribution is 9.09. The van der Waals surface area contributed by atoms with Crippen molar-refractivity contribution in [2.45, 2.75) is 70.8 Å². The van der Waals surface area contributed by atoms with Crippen LogP contribution in [0.4, 0.5) is 0 Å². The van der Waals surface area contributed by atoms with Crippen LogP contribution in [-0.2, 0) is 0 Å². The van der Waals surface area contributed by atoms with Crippen LogP contribution in [0.15, 0.2) is 23.8 Å². The number of allylic oxidation sites excluding steroid dienone is 4. The molecule has 0 heterocycles. The molecule has 0 saturated heterocycles. The van der Waals surface area contributed by atoms with Crippen molar-refractivity contribution in [2.24, 2.45) is 28.6 Å². The predicted molar refractivity (Wildman–Crippen MR) is 99.6 cm³/mol. The van der Waals surface area contributed by atoms with Gasteiger partial charge in [0.1, 0.15) is 0 Å². The van der Waals surface area contributed by atoms with Crippen molar-refractivity contribution in [3.05, 3.63) is 23.8 Å². The molecule has 0 aromatic rings. The molecule has 0 spiro atoms. The molecule has 4 aliphatic carbocycles. The van der Waals surface area contributed by atoms with Crippen molar-refractivity contribution >= 4 is 15.9 Å². The van der Waals surface area contributed by atoms with Crippen LogP contribution >= 0.6 is 15.9 Å². The van der Waals surface area contributed by atoms with Gasteiger partial charge in [0.25, 0.3) is 0 Å². The maximum absolute atomic E-state index is 11.4. The normalized spacial score (nSPS) is 51.7. The van der Waals surface area contributed by atoms with Crippen LogP contribution in [0.5, 0.6) is 0 Å². The summed E-state index contributed by atoms with van der Waals surface area (Å²) in [6.07, 6.45) is 16.8. The van der Waals surface area contributed by atoms with E-state index in [1.54, 1.807) is 5.57 Å². The van der Waals surface area contributed by atoms with Gasteiger partial charge in [0.15, 0.2) is 0 Å². The molecule has 4 aliphatic rings. The maximum Gasteiger partial charge on any atom is 0.0711 e. The summed E-state index contributed by atoms with van der Waals surface area (Å²) in [6.45, 7) is 4.90. The van der Waals surface area contributed by atoms with Gasteiger partial charge in [0.2, 0.25) is 0 Å². The molecule has 3 fully saturated rings. The highest BCUT2D eigenvalue weighted by Crippen LogP contribution is 2.67. The second-order valence-electron chi connectivity index (χ2n) is 9.03. The Labute approximate surface area is 149 Å². The number of alkyl halides is 1. The summed E-state index contributed by atoms with van der Waals surface area (Å²) >= 11 is 3.58. The first-order valence-electron chi connectivity index (χ1n) is 9.60. The smallest absolute Gasteiger partial charge is 0.0711 e.